The Hall–Kier alpha value is -2.55. The molecule has 42 heavy (non-hydrogen) atoms. The molecule has 0 spiro atoms. The molecule has 2 atom stereocenters. The smallest absolute Gasteiger partial charge is 0.462 e. The van der Waals surface area contributed by atoms with Crippen LogP contribution in [0.1, 0.15) is 84.5 Å². The van der Waals surface area contributed by atoms with Gasteiger partial charge in [-0.25, -0.2) is 4.57 Å². The molecular weight excluding hydrogens is 557 g/mol. The first kappa shape index (κ1) is 39.5. The lowest BCUT2D eigenvalue weighted by molar-refractivity contribution is -0.161. The standard InChI is InChI=1S/C32H52NO8P/c1-3-5-7-9-11-13-14-15-16-17-19-21-23-25-32(35)41-30(29-40-42(36,37)39-27-26-33)28-38-31(34)24-22-20-18-12-10-8-6-4-2/h5,7,9,11,13-20,30H,3-4,6,8,10,12,21-29,33H2,1-2H3,(H,36,37)/b7-5+,11-9+,14-13+,16-15+,19-17+,20-18+. The monoisotopic (exact) mass is 609 g/mol. The van der Waals surface area contributed by atoms with E-state index in [1.807, 2.05) is 60.8 Å². The van der Waals surface area contributed by atoms with E-state index in [4.69, 9.17) is 24.3 Å². The lowest BCUT2D eigenvalue weighted by Gasteiger charge is -2.19. The summed E-state index contributed by atoms with van der Waals surface area (Å²) in [7, 11) is -4.39. The van der Waals surface area contributed by atoms with E-state index in [2.05, 4.69) is 26.0 Å². The molecule has 238 valence electrons. The first-order chi connectivity index (χ1) is 20.3. The molecule has 10 heteroatoms. The number of nitrogens with two attached hydrogens (primary N) is 1. The average Bonchev–Trinajstić information content (AvgIpc) is 2.97. The minimum atomic E-state index is -4.39. The Bertz CT molecular complexity index is 923. The van der Waals surface area contributed by atoms with Crippen LogP contribution in [0.3, 0.4) is 0 Å². The van der Waals surface area contributed by atoms with Crippen LogP contribution in [0.4, 0.5) is 0 Å². The Kier molecular flexibility index (Phi) is 26.8. The molecule has 3 N–H and O–H groups in total. The van der Waals surface area contributed by atoms with Crippen molar-refractivity contribution >= 4 is 19.8 Å². The van der Waals surface area contributed by atoms with Crippen LogP contribution in [0.5, 0.6) is 0 Å². The Balaban J connectivity index is 4.58. The fourth-order valence-electron chi connectivity index (χ4n) is 3.27. The van der Waals surface area contributed by atoms with Gasteiger partial charge in [-0.05, 0) is 38.5 Å². The number of carbonyl (C=O) groups is 2. The van der Waals surface area contributed by atoms with Gasteiger partial charge in [0.15, 0.2) is 6.10 Å². The fraction of sp³-hybridized carbons (Fsp3) is 0.562. The predicted octanol–water partition coefficient (Wildman–Crippen LogP) is 7.20. The SMILES string of the molecule is CC/C=C/C=C/C=C/C=C/C=C/CCCC(=O)OC(COC(=O)CC/C=C/CCCCCC)COP(=O)(O)OCCN. The van der Waals surface area contributed by atoms with Crippen molar-refractivity contribution in [3.05, 3.63) is 72.9 Å². The number of esters is 2. The predicted molar refractivity (Wildman–Crippen MR) is 169 cm³/mol. The summed E-state index contributed by atoms with van der Waals surface area (Å²) >= 11 is 0. The topological polar surface area (TPSA) is 134 Å². The Morgan fingerprint density at radius 3 is 2.05 bits per heavy atom. The highest BCUT2D eigenvalue weighted by atomic mass is 31.2. The van der Waals surface area contributed by atoms with E-state index < -0.39 is 32.5 Å². The lowest BCUT2D eigenvalue weighted by Crippen LogP contribution is -2.29. The lowest BCUT2D eigenvalue weighted by atomic mass is 10.1. The molecule has 0 saturated carbocycles. The minimum absolute atomic E-state index is 0.0341. The Morgan fingerprint density at radius 2 is 1.38 bits per heavy atom. The largest absolute Gasteiger partial charge is 0.472 e. The van der Waals surface area contributed by atoms with Gasteiger partial charge in [-0.2, -0.15) is 0 Å². The van der Waals surface area contributed by atoms with Crippen LogP contribution in [-0.2, 0) is 32.7 Å². The molecule has 0 amide bonds. The van der Waals surface area contributed by atoms with Crippen LogP contribution in [0.2, 0.25) is 0 Å². The summed E-state index contributed by atoms with van der Waals surface area (Å²) < 4.78 is 32.2. The summed E-state index contributed by atoms with van der Waals surface area (Å²) in [5.74, 6) is -0.993. The van der Waals surface area contributed by atoms with Crippen LogP contribution < -0.4 is 5.73 Å². The Morgan fingerprint density at radius 1 is 0.738 bits per heavy atom. The number of unbranched alkanes of at least 4 members (excludes halogenated alkanes) is 5. The van der Waals surface area contributed by atoms with Gasteiger partial charge in [-0.3, -0.25) is 18.6 Å². The zero-order valence-corrected chi connectivity index (χ0v) is 26.3. The number of phosphoric acid groups is 1. The highest BCUT2D eigenvalue weighted by Gasteiger charge is 2.25. The highest BCUT2D eigenvalue weighted by Crippen LogP contribution is 2.43. The van der Waals surface area contributed by atoms with Gasteiger partial charge in [0.05, 0.1) is 13.2 Å². The van der Waals surface area contributed by atoms with Crippen molar-refractivity contribution in [1.82, 2.24) is 0 Å². The third-order valence-electron chi connectivity index (χ3n) is 5.47. The molecule has 0 heterocycles. The zero-order chi connectivity index (χ0) is 31.2. The molecule has 0 radical (unpaired) electrons. The maximum Gasteiger partial charge on any atom is 0.472 e. The number of hydrogen-bond donors (Lipinski definition) is 2. The molecule has 0 aliphatic rings. The summed E-state index contributed by atoms with van der Waals surface area (Å²) in [6.45, 7) is 3.34. The summed E-state index contributed by atoms with van der Waals surface area (Å²) in [6.07, 6.45) is 31.2. The molecular formula is C32H52NO8P. The van der Waals surface area contributed by atoms with Crippen molar-refractivity contribution in [2.24, 2.45) is 5.73 Å². The molecule has 0 aromatic carbocycles. The fourth-order valence-corrected chi connectivity index (χ4v) is 4.03. The maximum absolute atomic E-state index is 12.4. The zero-order valence-electron chi connectivity index (χ0n) is 25.4. The van der Waals surface area contributed by atoms with Crippen molar-refractivity contribution in [3.8, 4) is 0 Å². The number of hydrogen-bond acceptors (Lipinski definition) is 8. The second kappa shape index (κ2) is 28.6. The van der Waals surface area contributed by atoms with Gasteiger partial charge in [-0.15, -0.1) is 0 Å². The summed E-state index contributed by atoms with van der Waals surface area (Å²) in [6, 6.07) is 0. The van der Waals surface area contributed by atoms with E-state index in [-0.39, 0.29) is 32.6 Å². The molecule has 2 unspecified atom stereocenters. The highest BCUT2D eigenvalue weighted by molar-refractivity contribution is 7.47. The molecule has 0 aromatic rings. The van der Waals surface area contributed by atoms with Crippen LogP contribution in [0.15, 0.2) is 72.9 Å². The van der Waals surface area contributed by atoms with Crippen LogP contribution >= 0.6 is 7.82 Å². The second-order valence-corrected chi connectivity index (χ2v) is 10.8. The van der Waals surface area contributed by atoms with E-state index >= 15 is 0 Å². The minimum Gasteiger partial charge on any atom is -0.462 e. The van der Waals surface area contributed by atoms with Crippen molar-refractivity contribution in [2.45, 2.75) is 90.6 Å². The van der Waals surface area contributed by atoms with Crippen molar-refractivity contribution < 1.29 is 37.6 Å². The quantitative estimate of drug-likeness (QED) is 0.0343. The van der Waals surface area contributed by atoms with Crippen LogP contribution in [-0.4, -0.2) is 49.3 Å². The van der Waals surface area contributed by atoms with E-state index in [1.54, 1.807) is 0 Å². The molecule has 0 saturated heterocycles. The van der Waals surface area contributed by atoms with Gasteiger partial charge in [-0.1, -0.05) is 106 Å². The van der Waals surface area contributed by atoms with Gasteiger partial charge in [0, 0.05) is 19.4 Å². The molecule has 0 aliphatic carbocycles. The number of ether oxygens (including phenoxy) is 2. The third kappa shape index (κ3) is 27.6. The van der Waals surface area contributed by atoms with Crippen LogP contribution in [0.25, 0.3) is 0 Å². The second-order valence-electron chi connectivity index (χ2n) is 9.35. The molecule has 0 aliphatic heterocycles. The molecule has 0 rings (SSSR count). The number of phosphoric ester groups is 1. The van der Waals surface area contributed by atoms with Crippen LogP contribution in [0, 0.1) is 0 Å². The first-order valence-corrected chi connectivity index (χ1v) is 16.5. The molecule has 0 aromatic heterocycles. The third-order valence-corrected chi connectivity index (χ3v) is 6.45. The van der Waals surface area contributed by atoms with E-state index in [0.717, 1.165) is 19.3 Å². The van der Waals surface area contributed by atoms with E-state index in [0.29, 0.717) is 19.3 Å². The van der Waals surface area contributed by atoms with Gasteiger partial charge in [0.2, 0.25) is 0 Å². The van der Waals surface area contributed by atoms with Crippen molar-refractivity contribution in [2.75, 3.05) is 26.4 Å². The summed E-state index contributed by atoms with van der Waals surface area (Å²) in [5.41, 5.74) is 5.29. The number of carbonyl (C=O) groups excluding carboxylic acids is 2. The summed E-state index contributed by atoms with van der Waals surface area (Å²) in [5, 5.41) is 0. The van der Waals surface area contributed by atoms with Gasteiger partial charge >= 0.3 is 19.8 Å². The average molecular weight is 610 g/mol. The normalized spacial score (nSPS) is 14.7. The van der Waals surface area contributed by atoms with Crippen molar-refractivity contribution in [3.63, 3.8) is 0 Å². The Labute approximate surface area is 252 Å². The molecule has 0 fully saturated rings. The molecule has 9 nitrogen and oxygen atoms in total. The number of rotatable bonds is 26. The van der Waals surface area contributed by atoms with E-state index in [1.165, 1.54) is 19.3 Å². The summed E-state index contributed by atoms with van der Waals surface area (Å²) in [4.78, 5) is 34.3. The van der Waals surface area contributed by atoms with Gasteiger partial charge in [0.1, 0.15) is 6.61 Å². The molecule has 0 bridgehead atoms. The van der Waals surface area contributed by atoms with Gasteiger partial charge in [0.25, 0.3) is 0 Å². The van der Waals surface area contributed by atoms with Crippen molar-refractivity contribution in [1.29, 1.82) is 0 Å². The van der Waals surface area contributed by atoms with Gasteiger partial charge < -0.3 is 20.1 Å². The van der Waals surface area contributed by atoms with E-state index in [9.17, 15) is 19.0 Å². The first-order valence-electron chi connectivity index (χ1n) is 15.0. The number of allylic oxidation sites excluding steroid dienone is 12. The maximum atomic E-state index is 12.4.